The van der Waals surface area contributed by atoms with E-state index in [9.17, 15) is 27.6 Å². The molecule has 0 unspecified atom stereocenters. The Bertz CT molecular complexity index is 1530. The zero-order chi connectivity index (χ0) is 31.4. The van der Waals surface area contributed by atoms with Crippen molar-refractivity contribution in [3.05, 3.63) is 113 Å². The highest BCUT2D eigenvalue weighted by Crippen LogP contribution is 2.46. The van der Waals surface area contributed by atoms with Gasteiger partial charge in [-0.05, 0) is 53.8 Å². The molecular formula is C33H33F3N4O4. The van der Waals surface area contributed by atoms with Gasteiger partial charge in [0.1, 0.15) is 18.7 Å². The Morgan fingerprint density at radius 1 is 1.05 bits per heavy atom. The smallest absolute Gasteiger partial charge is 0.416 e. The highest BCUT2D eigenvalue weighted by molar-refractivity contribution is 5.97. The minimum absolute atomic E-state index is 0.0660. The standard InChI is InChI=1S/C33H33F3N4O4/c1-2-22-11-6-7-15-25(22)28-29(40-27(20-44-32(40)43)23-12-4-3-5-13-23)31(42)39(28)26(16-9-17-37)30(41)38-19-21-10-8-14-24(18-21)33(34,35)36/h2-8,10-15,18,26-29H,1,9,16-17,19-20,37H2,(H,38,41)/t26-,27+,28+,29-/m0/s1. The molecule has 0 aromatic heterocycles. The van der Waals surface area contributed by atoms with E-state index in [2.05, 4.69) is 11.9 Å². The molecule has 4 atom stereocenters. The molecule has 2 heterocycles. The predicted molar refractivity (Wildman–Crippen MR) is 158 cm³/mol. The van der Waals surface area contributed by atoms with Gasteiger partial charge in [-0.2, -0.15) is 13.2 Å². The van der Waals surface area contributed by atoms with Crippen molar-refractivity contribution in [1.82, 2.24) is 15.1 Å². The van der Waals surface area contributed by atoms with Gasteiger partial charge >= 0.3 is 12.3 Å². The maximum absolute atomic E-state index is 14.1. The lowest BCUT2D eigenvalue weighted by Gasteiger charge is -2.53. The topological polar surface area (TPSA) is 105 Å². The van der Waals surface area contributed by atoms with E-state index in [0.717, 1.165) is 23.3 Å². The molecule has 3 aromatic carbocycles. The van der Waals surface area contributed by atoms with Gasteiger partial charge < -0.3 is 20.7 Å². The molecule has 8 nitrogen and oxygen atoms in total. The molecule has 0 radical (unpaired) electrons. The fraction of sp³-hybridized carbons (Fsp3) is 0.303. The predicted octanol–water partition coefficient (Wildman–Crippen LogP) is 5.22. The number of rotatable bonds is 11. The van der Waals surface area contributed by atoms with E-state index in [1.165, 1.54) is 21.9 Å². The Kier molecular flexibility index (Phi) is 9.05. The number of nitrogens with two attached hydrogens (primary N) is 1. The Morgan fingerprint density at radius 3 is 2.48 bits per heavy atom. The number of carbonyl (C=O) groups excluding carboxylic acids is 3. The summed E-state index contributed by atoms with van der Waals surface area (Å²) in [5.41, 5.74) is 7.46. The minimum Gasteiger partial charge on any atom is -0.447 e. The number of cyclic esters (lactones) is 1. The first-order valence-electron chi connectivity index (χ1n) is 14.3. The van der Waals surface area contributed by atoms with Crippen LogP contribution in [-0.4, -0.2) is 52.9 Å². The lowest BCUT2D eigenvalue weighted by molar-refractivity contribution is -0.167. The van der Waals surface area contributed by atoms with Gasteiger partial charge in [0, 0.05) is 6.54 Å². The molecule has 2 saturated heterocycles. The molecule has 2 fully saturated rings. The van der Waals surface area contributed by atoms with Crippen LogP contribution in [0.2, 0.25) is 0 Å². The van der Waals surface area contributed by atoms with Gasteiger partial charge in [0.05, 0.1) is 17.6 Å². The number of carbonyl (C=O) groups is 3. The summed E-state index contributed by atoms with van der Waals surface area (Å²) < 4.78 is 45.2. The summed E-state index contributed by atoms with van der Waals surface area (Å²) in [6.45, 7) is 4.06. The molecule has 3 N–H and O–H groups in total. The lowest BCUT2D eigenvalue weighted by atomic mass is 9.81. The number of β-lactam (4-membered cyclic amide) rings is 1. The van der Waals surface area contributed by atoms with Crippen LogP contribution in [0, 0.1) is 0 Å². The van der Waals surface area contributed by atoms with Gasteiger partial charge in [0.25, 0.3) is 0 Å². The van der Waals surface area contributed by atoms with Crippen molar-refractivity contribution in [3.8, 4) is 0 Å². The summed E-state index contributed by atoms with van der Waals surface area (Å²) in [7, 11) is 0. The van der Waals surface area contributed by atoms with Crippen molar-refractivity contribution in [2.24, 2.45) is 5.73 Å². The summed E-state index contributed by atoms with van der Waals surface area (Å²) in [6, 6.07) is 18.0. The van der Waals surface area contributed by atoms with Crippen LogP contribution in [0.1, 0.15) is 52.7 Å². The molecule has 0 aliphatic carbocycles. The first-order chi connectivity index (χ1) is 21.2. The van der Waals surface area contributed by atoms with Crippen LogP contribution in [-0.2, 0) is 27.0 Å². The number of alkyl halides is 3. The van der Waals surface area contributed by atoms with Crippen molar-refractivity contribution in [2.75, 3.05) is 13.2 Å². The monoisotopic (exact) mass is 606 g/mol. The third kappa shape index (κ3) is 6.05. The SMILES string of the molecule is C=Cc1ccccc1[C@@H]1[C@H](N2C(=O)OC[C@@H]2c2ccccc2)C(=O)N1[C@@H](CCCN)C(=O)NCc1cccc(C(F)(F)F)c1. The van der Waals surface area contributed by atoms with E-state index in [4.69, 9.17) is 10.5 Å². The van der Waals surface area contributed by atoms with E-state index in [-0.39, 0.29) is 31.7 Å². The maximum atomic E-state index is 14.1. The van der Waals surface area contributed by atoms with Crippen molar-refractivity contribution in [3.63, 3.8) is 0 Å². The normalized spacial score (nSPS) is 20.6. The highest BCUT2D eigenvalue weighted by Gasteiger charge is 2.59. The third-order valence-corrected chi connectivity index (χ3v) is 8.08. The van der Waals surface area contributed by atoms with Crippen LogP contribution in [0.15, 0.2) is 85.4 Å². The number of likely N-dealkylation sites (tertiary alicyclic amines) is 1. The summed E-state index contributed by atoms with van der Waals surface area (Å²) in [5, 5.41) is 2.72. The number of nitrogens with zero attached hydrogens (tertiary/aromatic N) is 2. The van der Waals surface area contributed by atoms with Gasteiger partial charge in [-0.3, -0.25) is 14.5 Å². The van der Waals surface area contributed by atoms with Crippen LogP contribution < -0.4 is 11.1 Å². The van der Waals surface area contributed by atoms with Crippen LogP contribution in [0.3, 0.4) is 0 Å². The zero-order valence-electron chi connectivity index (χ0n) is 23.9. The molecule has 2 aliphatic rings. The highest BCUT2D eigenvalue weighted by atomic mass is 19.4. The van der Waals surface area contributed by atoms with Gasteiger partial charge in [0.2, 0.25) is 11.8 Å². The summed E-state index contributed by atoms with van der Waals surface area (Å²) in [4.78, 5) is 43.9. The van der Waals surface area contributed by atoms with E-state index in [1.54, 1.807) is 12.1 Å². The fourth-order valence-corrected chi connectivity index (χ4v) is 5.94. The summed E-state index contributed by atoms with van der Waals surface area (Å²) in [6.07, 6.45) is -2.89. The number of benzene rings is 3. The lowest BCUT2D eigenvalue weighted by Crippen LogP contribution is -2.70. The number of ether oxygens (including phenoxy) is 1. The number of nitrogens with one attached hydrogen (secondary N) is 1. The Hall–Kier alpha value is -4.64. The van der Waals surface area contributed by atoms with Gasteiger partial charge in [-0.15, -0.1) is 0 Å². The number of hydrogen-bond donors (Lipinski definition) is 2. The number of halogens is 3. The summed E-state index contributed by atoms with van der Waals surface area (Å²) >= 11 is 0. The Labute approximate surface area is 253 Å². The molecule has 0 spiro atoms. The molecule has 3 aromatic rings. The quantitative estimate of drug-likeness (QED) is 0.292. The molecule has 0 bridgehead atoms. The van der Waals surface area contributed by atoms with Crippen LogP contribution >= 0.6 is 0 Å². The van der Waals surface area contributed by atoms with Crippen molar-refractivity contribution < 1.29 is 32.3 Å². The summed E-state index contributed by atoms with van der Waals surface area (Å²) in [5.74, 6) is -0.975. The molecule has 0 saturated carbocycles. The second kappa shape index (κ2) is 12.9. The van der Waals surface area contributed by atoms with Gasteiger partial charge in [0.15, 0.2) is 0 Å². The van der Waals surface area contributed by atoms with Crippen LogP contribution in [0.4, 0.5) is 18.0 Å². The van der Waals surface area contributed by atoms with Crippen molar-refractivity contribution in [1.29, 1.82) is 0 Å². The second-order valence-electron chi connectivity index (χ2n) is 10.7. The van der Waals surface area contributed by atoms with Crippen molar-refractivity contribution >= 4 is 24.0 Å². The number of amides is 3. The molecule has 3 amide bonds. The molecule has 44 heavy (non-hydrogen) atoms. The van der Waals surface area contributed by atoms with Gasteiger partial charge in [-0.25, -0.2) is 4.79 Å². The van der Waals surface area contributed by atoms with Crippen molar-refractivity contribution in [2.45, 2.75) is 49.7 Å². The molecule has 5 rings (SSSR count). The Balaban J connectivity index is 1.48. The first-order valence-corrected chi connectivity index (χ1v) is 14.3. The Morgan fingerprint density at radius 2 is 1.77 bits per heavy atom. The van der Waals surface area contributed by atoms with Crippen LogP contribution in [0.5, 0.6) is 0 Å². The largest absolute Gasteiger partial charge is 0.447 e. The zero-order valence-corrected chi connectivity index (χ0v) is 23.9. The van der Waals surface area contributed by atoms with Crippen LogP contribution in [0.25, 0.3) is 6.08 Å². The number of hydrogen-bond acceptors (Lipinski definition) is 5. The molecule has 230 valence electrons. The second-order valence-corrected chi connectivity index (χ2v) is 10.7. The maximum Gasteiger partial charge on any atom is 0.416 e. The molecule has 2 aliphatic heterocycles. The van der Waals surface area contributed by atoms with Gasteiger partial charge in [-0.1, -0.05) is 79.4 Å². The fourth-order valence-electron chi connectivity index (χ4n) is 5.94. The first kappa shape index (κ1) is 30.8. The molecule has 11 heteroatoms. The minimum atomic E-state index is -4.52. The van der Waals surface area contributed by atoms with E-state index in [0.29, 0.717) is 12.0 Å². The van der Waals surface area contributed by atoms with E-state index < -0.39 is 53.8 Å². The van der Waals surface area contributed by atoms with E-state index in [1.807, 2.05) is 48.5 Å². The molecular weight excluding hydrogens is 573 g/mol. The average molecular weight is 607 g/mol. The third-order valence-electron chi connectivity index (χ3n) is 8.08. The average Bonchev–Trinajstić information content (AvgIpc) is 3.40. The van der Waals surface area contributed by atoms with E-state index >= 15 is 0 Å².